The highest BCUT2D eigenvalue weighted by Gasteiger charge is 2.32. The lowest BCUT2D eigenvalue weighted by Crippen LogP contribution is -2.56. The van der Waals surface area contributed by atoms with Crippen LogP contribution in [0.1, 0.15) is 18.4 Å². The third kappa shape index (κ3) is 4.29. The van der Waals surface area contributed by atoms with Gasteiger partial charge in [0, 0.05) is 51.0 Å². The Morgan fingerprint density at radius 3 is 2.54 bits per heavy atom. The third-order valence-corrected chi connectivity index (χ3v) is 5.25. The first-order valence-electron chi connectivity index (χ1n) is 8.93. The molecule has 0 bridgehead atoms. The van der Waals surface area contributed by atoms with Crippen LogP contribution in [0.5, 0.6) is 0 Å². The molecular formula is C18H24F3N3O2. The predicted molar refractivity (Wildman–Crippen MR) is 91.9 cm³/mol. The maximum Gasteiger partial charge on any atom is 0.416 e. The molecule has 2 aliphatic rings. The molecule has 1 N–H and O–H groups in total. The monoisotopic (exact) mass is 371 g/mol. The van der Waals surface area contributed by atoms with Crippen molar-refractivity contribution in [2.45, 2.75) is 25.1 Å². The Balaban J connectivity index is 1.58. The molecule has 144 valence electrons. The summed E-state index contributed by atoms with van der Waals surface area (Å²) < 4.78 is 38.7. The first-order chi connectivity index (χ1) is 12.4. The standard InChI is InChI=1S/C18H24F3N3O2/c19-18(20,21)14-3-1-4-15(11-14)22-7-9-23(10-8-22)16-5-2-6-24(12-16)17(26)13-25/h1,3-4,11,16,25H,2,5-10,12-13H2/t16-/m0/s1. The lowest BCUT2D eigenvalue weighted by Gasteiger charge is -2.44. The second-order valence-electron chi connectivity index (χ2n) is 6.87. The summed E-state index contributed by atoms with van der Waals surface area (Å²) in [6.45, 7) is 3.65. The number of hydrogen-bond donors (Lipinski definition) is 1. The Hall–Kier alpha value is -1.80. The third-order valence-electron chi connectivity index (χ3n) is 5.25. The molecule has 26 heavy (non-hydrogen) atoms. The van der Waals surface area contributed by atoms with Crippen molar-refractivity contribution in [1.82, 2.24) is 9.80 Å². The number of nitrogens with zero attached hydrogens (tertiary/aromatic N) is 3. The molecule has 1 aromatic rings. The summed E-state index contributed by atoms with van der Waals surface area (Å²) in [5.41, 5.74) is -0.0249. The summed E-state index contributed by atoms with van der Waals surface area (Å²) in [6.07, 6.45) is -2.42. The number of halogens is 3. The maximum atomic E-state index is 12.9. The summed E-state index contributed by atoms with van der Waals surface area (Å²) in [5.74, 6) is -0.239. The van der Waals surface area contributed by atoms with Gasteiger partial charge in [0.1, 0.15) is 6.61 Å². The highest BCUT2D eigenvalue weighted by molar-refractivity contribution is 5.77. The average molecular weight is 371 g/mol. The molecule has 2 aliphatic heterocycles. The number of alkyl halides is 3. The summed E-state index contributed by atoms with van der Waals surface area (Å²) in [7, 11) is 0. The van der Waals surface area contributed by atoms with Crippen molar-refractivity contribution >= 4 is 11.6 Å². The molecule has 0 unspecified atom stereocenters. The van der Waals surface area contributed by atoms with Crippen molar-refractivity contribution in [3.8, 4) is 0 Å². The minimum absolute atomic E-state index is 0.239. The number of amides is 1. The largest absolute Gasteiger partial charge is 0.416 e. The van der Waals surface area contributed by atoms with E-state index in [-0.39, 0.29) is 11.9 Å². The number of rotatable bonds is 3. The van der Waals surface area contributed by atoms with Crippen LogP contribution in [0.2, 0.25) is 0 Å². The van der Waals surface area contributed by atoms with E-state index in [4.69, 9.17) is 5.11 Å². The lowest BCUT2D eigenvalue weighted by molar-refractivity contribution is -0.138. The van der Waals surface area contributed by atoms with E-state index in [0.29, 0.717) is 31.9 Å². The molecule has 1 atom stereocenters. The van der Waals surface area contributed by atoms with Gasteiger partial charge >= 0.3 is 6.18 Å². The first kappa shape index (κ1) is 19.0. The molecule has 2 saturated heterocycles. The molecule has 0 aliphatic carbocycles. The zero-order valence-corrected chi connectivity index (χ0v) is 14.6. The van der Waals surface area contributed by atoms with Gasteiger partial charge in [-0.2, -0.15) is 13.2 Å². The van der Waals surface area contributed by atoms with Crippen molar-refractivity contribution in [2.24, 2.45) is 0 Å². The van der Waals surface area contributed by atoms with Gasteiger partial charge < -0.3 is 14.9 Å². The zero-order chi connectivity index (χ0) is 18.7. The smallest absolute Gasteiger partial charge is 0.387 e. The van der Waals surface area contributed by atoms with Crippen LogP contribution < -0.4 is 4.90 Å². The molecule has 0 aromatic heterocycles. The average Bonchev–Trinajstić information content (AvgIpc) is 2.67. The van der Waals surface area contributed by atoms with Crippen molar-refractivity contribution in [1.29, 1.82) is 0 Å². The number of anilines is 1. The van der Waals surface area contributed by atoms with Gasteiger partial charge in [0.05, 0.1) is 5.56 Å². The molecule has 1 aromatic carbocycles. The highest BCUT2D eigenvalue weighted by atomic mass is 19.4. The molecule has 0 spiro atoms. The van der Waals surface area contributed by atoms with E-state index in [9.17, 15) is 18.0 Å². The Labute approximate surface area is 151 Å². The van der Waals surface area contributed by atoms with Crippen LogP contribution in [0, 0.1) is 0 Å². The normalized spacial score (nSPS) is 22.5. The minimum atomic E-state index is -4.33. The van der Waals surface area contributed by atoms with E-state index < -0.39 is 18.3 Å². The molecule has 2 heterocycles. The Morgan fingerprint density at radius 1 is 1.15 bits per heavy atom. The van der Waals surface area contributed by atoms with Gasteiger partial charge in [-0.3, -0.25) is 9.69 Å². The minimum Gasteiger partial charge on any atom is -0.387 e. The fourth-order valence-corrected chi connectivity index (χ4v) is 3.80. The number of piperidine rings is 1. The number of aliphatic hydroxyl groups excluding tert-OH is 1. The quantitative estimate of drug-likeness (QED) is 0.881. The van der Waals surface area contributed by atoms with Crippen molar-refractivity contribution in [3.05, 3.63) is 29.8 Å². The second-order valence-corrected chi connectivity index (χ2v) is 6.87. The summed E-state index contributed by atoms with van der Waals surface area (Å²) in [4.78, 5) is 17.7. The van der Waals surface area contributed by atoms with E-state index in [1.807, 2.05) is 4.90 Å². The molecular weight excluding hydrogens is 347 g/mol. The van der Waals surface area contributed by atoms with Crippen molar-refractivity contribution < 1.29 is 23.1 Å². The van der Waals surface area contributed by atoms with Crippen LogP contribution in [0.4, 0.5) is 18.9 Å². The van der Waals surface area contributed by atoms with E-state index >= 15 is 0 Å². The molecule has 1 amide bonds. The Bertz CT molecular complexity index is 630. The number of hydrogen-bond acceptors (Lipinski definition) is 4. The van der Waals surface area contributed by atoms with Gasteiger partial charge in [0.25, 0.3) is 0 Å². The number of likely N-dealkylation sites (tertiary alicyclic amines) is 1. The van der Waals surface area contributed by atoms with Gasteiger partial charge in [-0.1, -0.05) is 6.07 Å². The van der Waals surface area contributed by atoms with Crippen LogP contribution in [0.3, 0.4) is 0 Å². The van der Waals surface area contributed by atoms with Crippen molar-refractivity contribution in [2.75, 3.05) is 50.8 Å². The van der Waals surface area contributed by atoms with Crippen LogP contribution in [-0.4, -0.2) is 72.7 Å². The Morgan fingerprint density at radius 2 is 1.88 bits per heavy atom. The summed E-state index contributed by atoms with van der Waals surface area (Å²) >= 11 is 0. The highest BCUT2D eigenvalue weighted by Crippen LogP contribution is 2.32. The number of aliphatic hydroxyl groups is 1. The van der Waals surface area contributed by atoms with Crippen molar-refractivity contribution in [3.63, 3.8) is 0 Å². The molecule has 0 radical (unpaired) electrons. The topological polar surface area (TPSA) is 47.0 Å². The number of benzene rings is 1. The Kier molecular flexibility index (Phi) is 5.72. The zero-order valence-electron chi connectivity index (χ0n) is 14.6. The molecule has 5 nitrogen and oxygen atoms in total. The first-order valence-corrected chi connectivity index (χ1v) is 8.93. The lowest BCUT2D eigenvalue weighted by atomic mass is 10.0. The van der Waals surface area contributed by atoms with Crippen LogP contribution in [0.25, 0.3) is 0 Å². The van der Waals surface area contributed by atoms with Gasteiger partial charge in [0.15, 0.2) is 0 Å². The molecule has 8 heteroatoms. The van der Waals surface area contributed by atoms with E-state index in [1.54, 1.807) is 11.0 Å². The second kappa shape index (κ2) is 7.84. The number of carbonyl (C=O) groups is 1. The SMILES string of the molecule is O=C(CO)N1CCC[C@H](N2CCN(c3cccc(C(F)(F)F)c3)CC2)C1. The van der Waals surface area contributed by atoms with Crippen LogP contribution in [0.15, 0.2) is 24.3 Å². The summed E-state index contributed by atoms with van der Waals surface area (Å²) in [6, 6.07) is 5.71. The number of carbonyl (C=O) groups excluding carboxylic acids is 1. The van der Waals surface area contributed by atoms with Crippen LogP contribution >= 0.6 is 0 Å². The molecule has 0 saturated carbocycles. The summed E-state index contributed by atoms with van der Waals surface area (Å²) in [5, 5.41) is 9.03. The van der Waals surface area contributed by atoms with Gasteiger partial charge in [-0.15, -0.1) is 0 Å². The van der Waals surface area contributed by atoms with E-state index in [0.717, 1.165) is 32.0 Å². The fraction of sp³-hybridized carbons (Fsp3) is 0.611. The van der Waals surface area contributed by atoms with Gasteiger partial charge in [-0.05, 0) is 31.0 Å². The molecule has 3 rings (SSSR count). The predicted octanol–water partition coefficient (Wildman–Crippen LogP) is 1.81. The van der Waals surface area contributed by atoms with E-state index in [2.05, 4.69) is 4.90 Å². The number of piperazine rings is 1. The van der Waals surface area contributed by atoms with Gasteiger partial charge in [0.2, 0.25) is 5.91 Å². The maximum absolute atomic E-state index is 12.9. The van der Waals surface area contributed by atoms with Crippen LogP contribution in [-0.2, 0) is 11.0 Å². The molecule has 2 fully saturated rings. The fourth-order valence-electron chi connectivity index (χ4n) is 3.80. The van der Waals surface area contributed by atoms with Gasteiger partial charge in [-0.25, -0.2) is 0 Å². The van der Waals surface area contributed by atoms with E-state index in [1.165, 1.54) is 12.1 Å².